The van der Waals surface area contributed by atoms with Crippen LogP contribution < -0.4 is 20.1 Å². The third-order valence-corrected chi connectivity index (χ3v) is 4.78. The van der Waals surface area contributed by atoms with E-state index in [4.69, 9.17) is 24.4 Å². The van der Waals surface area contributed by atoms with E-state index in [-0.39, 0.29) is 42.8 Å². The van der Waals surface area contributed by atoms with Gasteiger partial charge >= 0.3 is 12.1 Å². The number of amidine groups is 1. The zero-order valence-corrected chi connectivity index (χ0v) is 20.5. The van der Waals surface area contributed by atoms with Crippen LogP contribution in [-0.2, 0) is 14.3 Å². The van der Waals surface area contributed by atoms with Gasteiger partial charge in [0.1, 0.15) is 17.3 Å². The number of hydrogen-bond acceptors (Lipinski definition) is 9. The van der Waals surface area contributed by atoms with Crippen LogP contribution in [-0.4, -0.2) is 62.6 Å². The van der Waals surface area contributed by atoms with E-state index >= 15 is 0 Å². The van der Waals surface area contributed by atoms with Gasteiger partial charge in [0.05, 0.1) is 31.9 Å². The first-order chi connectivity index (χ1) is 17.2. The molecule has 0 saturated carbocycles. The number of carbonyl (C=O) groups is 4. The summed E-state index contributed by atoms with van der Waals surface area (Å²) in [5, 5.41) is 12.9. The molecule has 2 rings (SSSR count). The van der Waals surface area contributed by atoms with Gasteiger partial charge in [0, 0.05) is 11.1 Å². The number of carbonyl (C=O) groups excluding carboxylic acids is 4. The molecule has 0 aliphatic carbocycles. The number of ether oxygens (including phenoxy) is 4. The van der Waals surface area contributed by atoms with Crippen LogP contribution >= 0.6 is 0 Å². The van der Waals surface area contributed by atoms with Crippen molar-refractivity contribution >= 4 is 29.6 Å². The van der Waals surface area contributed by atoms with E-state index in [0.717, 1.165) is 0 Å². The van der Waals surface area contributed by atoms with Gasteiger partial charge in [0.2, 0.25) is 0 Å². The molecule has 11 nitrogen and oxygen atoms in total. The van der Waals surface area contributed by atoms with Gasteiger partial charge in [-0.1, -0.05) is 6.07 Å². The van der Waals surface area contributed by atoms with E-state index in [1.54, 1.807) is 32.9 Å². The van der Waals surface area contributed by atoms with E-state index in [0.29, 0.717) is 16.9 Å². The number of alkyl carbamates (subject to hydrolysis) is 1. The number of Topliss-reactive ketones (excluding diaryl/α,β-unsaturated/α-hetero) is 1. The smallest absolute Gasteiger partial charge is 0.412 e. The highest BCUT2D eigenvalue weighted by Gasteiger charge is 2.21. The Labute approximate surface area is 208 Å². The van der Waals surface area contributed by atoms with Crippen molar-refractivity contribution in [3.8, 4) is 11.5 Å². The highest BCUT2D eigenvalue weighted by molar-refractivity contribution is 6.07. The molecule has 0 aromatic heterocycles. The molecule has 192 valence electrons. The molecule has 0 bridgehead atoms. The Morgan fingerprint density at radius 2 is 1.58 bits per heavy atom. The van der Waals surface area contributed by atoms with Crippen LogP contribution in [0.3, 0.4) is 0 Å². The number of amides is 2. The second-order valence-electron chi connectivity index (χ2n) is 7.31. The fourth-order valence-corrected chi connectivity index (χ4v) is 3.03. The molecule has 2 amide bonds. The zero-order chi connectivity index (χ0) is 26.7. The normalized spacial score (nSPS) is 11.0. The van der Waals surface area contributed by atoms with Crippen LogP contribution in [0.25, 0.3) is 0 Å². The topological polar surface area (TPSA) is 153 Å². The number of methoxy groups -OCH3 is 1. The summed E-state index contributed by atoms with van der Waals surface area (Å²) in [5.41, 5.74) is 0.783. The molecule has 0 radical (unpaired) electrons. The largest absolute Gasteiger partial charge is 0.496 e. The van der Waals surface area contributed by atoms with Gasteiger partial charge in [-0.2, -0.15) is 0 Å². The Balaban J connectivity index is 2.03. The Morgan fingerprint density at radius 3 is 2.19 bits per heavy atom. The maximum Gasteiger partial charge on any atom is 0.412 e. The summed E-state index contributed by atoms with van der Waals surface area (Å²) in [4.78, 5) is 48.5. The summed E-state index contributed by atoms with van der Waals surface area (Å²) in [6, 6.07) is 9.60. The van der Waals surface area contributed by atoms with Gasteiger partial charge < -0.3 is 24.3 Å². The van der Waals surface area contributed by atoms with Crippen molar-refractivity contribution in [3.05, 3.63) is 59.2 Å². The van der Waals surface area contributed by atoms with Crippen molar-refractivity contribution in [1.82, 2.24) is 10.6 Å². The van der Waals surface area contributed by atoms with Crippen molar-refractivity contribution in [2.45, 2.75) is 26.8 Å². The molecule has 0 heterocycles. The number of nitrogens with one attached hydrogen (secondary N) is 3. The fraction of sp³-hybridized carbons (Fsp3) is 0.320. The number of hydrogen-bond donors (Lipinski definition) is 3. The monoisotopic (exact) mass is 499 g/mol. The van der Waals surface area contributed by atoms with Gasteiger partial charge in [-0.05, 0) is 57.2 Å². The summed E-state index contributed by atoms with van der Waals surface area (Å²) in [6.45, 7) is 5.06. The quantitative estimate of drug-likeness (QED) is 0.185. The molecule has 1 atom stereocenters. The molecule has 1 unspecified atom stereocenters. The molecular weight excluding hydrogens is 470 g/mol. The molecule has 2 aromatic rings. The summed E-state index contributed by atoms with van der Waals surface area (Å²) < 4.78 is 20.1. The van der Waals surface area contributed by atoms with Crippen molar-refractivity contribution in [3.63, 3.8) is 0 Å². The van der Waals surface area contributed by atoms with Crippen LogP contribution in [0.15, 0.2) is 42.5 Å². The van der Waals surface area contributed by atoms with Gasteiger partial charge in [-0.3, -0.25) is 20.3 Å². The van der Waals surface area contributed by atoms with Crippen molar-refractivity contribution in [2.75, 3.05) is 26.9 Å². The maximum absolute atomic E-state index is 12.8. The molecule has 11 heteroatoms. The SMILES string of the molecule is CCOC(=O)COc1ccc(C(=O)C(C)NC(=O)c2ccc(C(=N)NC(=O)OCC)cc2OC)cc1. The number of benzene rings is 2. The highest BCUT2D eigenvalue weighted by atomic mass is 16.6. The Bertz CT molecular complexity index is 1110. The minimum atomic E-state index is -0.864. The van der Waals surface area contributed by atoms with Crippen molar-refractivity contribution in [2.24, 2.45) is 0 Å². The molecule has 0 fully saturated rings. The van der Waals surface area contributed by atoms with Gasteiger partial charge in [0.25, 0.3) is 5.91 Å². The molecular formula is C25H29N3O8. The molecule has 0 aliphatic rings. The molecule has 0 aliphatic heterocycles. The van der Waals surface area contributed by atoms with Crippen LogP contribution in [0.4, 0.5) is 4.79 Å². The average Bonchev–Trinajstić information content (AvgIpc) is 2.87. The molecule has 0 saturated heterocycles. The first-order valence-corrected chi connectivity index (χ1v) is 11.1. The summed E-state index contributed by atoms with van der Waals surface area (Å²) in [7, 11) is 1.36. The van der Waals surface area contributed by atoms with Crippen LogP contribution in [0.2, 0.25) is 0 Å². The fourth-order valence-electron chi connectivity index (χ4n) is 3.03. The third kappa shape index (κ3) is 7.83. The molecule has 3 N–H and O–H groups in total. The van der Waals surface area contributed by atoms with E-state index in [1.165, 1.54) is 37.4 Å². The van der Waals surface area contributed by atoms with Crippen LogP contribution in [0, 0.1) is 5.41 Å². The first kappa shape index (κ1) is 27.8. The number of rotatable bonds is 11. The van der Waals surface area contributed by atoms with Crippen LogP contribution in [0.1, 0.15) is 47.1 Å². The molecule has 0 spiro atoms. The number of ketones is 1. The lowest BCUT2D eigenvalue weighted by Crippen LogP contribution is -2.38. The summed E-state index contributed by atoms with van der Waals surface area (Å²) in [5.74, 6) is -1.07. The second-order valence-corrected chi connectivity index (χ2v) is 7.31. The van der Waals surface area contributed by atoms with E-state index in [2.05, 4.69) is 10.6 Å². The van der Waals surface area contributed by atoms with Gasteiger partial charge in [-0.25, -0.2) is 9.59 Å². The summed E-state index contributed by atoms with van der Waals surface area (Å²) in [6.07, 6.45) is -0.769. The van der Waals surface area contributed by atoms with E-state index in [1.807, 2.05) is 0 Å². The zero-order valence-electron chi connectivity index (χ0n) is 20.5. The lowest BCUT2D eigenvalue weighted by Gasteiger charge is -2.16. The predicted molar refractivity (Wildman–Crippen MR) is 130 cm³/mol. The third-order valence-electron chi connectivity index (χ3n) is 4.78. The average molecular weight is 500 g/mol. The minimum absolute atomic E-state index is 0.146. The lowest BCUT2D eigenvalue weighted by molar-refractivity contribution is -0.145. The van der Waals surface area contributed by atoms with E-state index < -0.39 is 24.0 Å². The minimum Gasteiger partial charge on any atom is -0.496 e. The Morgan fingerprint density at radius 1 is 0.944 bits per heavy atom. The second kappa shape index (κ2) is 13.5. The van der Waals surface area contributed by atoms with Gasteiger partial charge in [0.15, 0.2) is 12.4 Å². The van der Waals surface area contributed by atoms with Crippen molar-refractivity contribution in [1.29, 1.82) is 5.41 Å². The molecule has 36 heavy (non-hydrogen) atoms. The van der Waals surface area contributed by atoms with Gasteiger partial charge in [-0.15, -0.1) is 0 Å². The summed E-state index contributed by atoms with van der Waals surface area (Å²) >= 11 is 0. The Hall–Kier alpha value is -4.41. The predicted octanol–water partition coefficient (Wildman–Crippen LogP) is 2.71. The maximum atomic E-state index is 12.8. The van der Waals surface area contributed by atoms with Crippen LogP contribution in [0.5, 0.6) is 11.5 Å². The number of esters is 1. The highest BCUT2D eigenvalue weighted by Crippen LogP contribution is 2.21. The first-order valence-electron chi connectivity index (χ1n) is 11.1. The lowest BCUT2D eigenvalue weighted by atomic mass is 10.0. The standard InChI is InChI=1S/C25H29N3O8/c1-5-34-21(29)14-36-18-10-7-16(8-11-18)22(30)15(3)27-24(31)19-12-9-17(13-20(19)33-4)23(26)28-25(32)35-6-2/h7-13,15H,5-6,14H2,1-4H3,(H,27,31)(H2,26,28,32). The van der Waals surface area contributed by atoms with Crippen molar-refractivity contribution < 1.29 is 38.1 Å². The van der Waals surface area contributed by atoms with E-state index in [9.17, 15) is 19.2 Å². The Kier molecular flexibility index (Phi) is 10.4. The molecule has 2 aromatic carbocycles.